The third-order valence-electron chi connectivity index (χ3n) is 4.16. The van der Waals surface area contributed by atoms with Crippen LogP contribution < -0.4 is 5.32 Å². The van der Waals surface area contributed by atoms with Crippen LogP contribution in [0.1, 0.15) is 47.9 Å². The number of carbonyl (C=O) groups is 2. The summed E-state index contributed by atoms with van der Waals surface area (Å²) in [5.41, 5.74) is 1.38. The minimum atomic E-state index is -0.0115. The molecule has 2 heterocycles. The van der Waals surface area contributed by atoms with Gasteiger partial charge in [-0.05, 0) is 51.2 Å². The summed E-state index contributed by atoms with van der Waals surface area (Å²) in [4.78, 5) is 28.1. The first-order valence-corrected chi connectivity index (χ1v) is 8.88. The SMILES string of the molecule is CC(=O)NC1CCCN(C(=O)CCCc2cc(C)sc2C)C1. The van der Waals surface area contributed by atoms with E-state index in [9.17, 15) is 9.59 Å². The molecule has 0 aliphatic carbocycles. The lowest BCUT2D eigenvalue weighted by Gasteiger charge is -2.33. The van der Waals surface area contributed by atoms with E-state index in [1.165, 1.54) is 22.2 Å². The average molecular weight is 322 g/mol. The molecule has 0 bridgehead atoms. The van der Waals surface area contributed by atoms with E-state index in [0.29, 0.717) is 13.0 Å². The van der Waals surface area contributed by atoms with E-state index in [1.807, 2.05) is 16.2 Å². The first-order chi connectivity index (χ1) is 10.5. The molecule has 1 saturated heterocycles. The van der Waals surface area contributed by atoms with Gasteiger partial charge >= 0.3 is 0 Å². The molecule has 1 aliphatic rings. The molecule has 1 unspecified atom stereocenters. The molecule has 1 atom stereocenters. The summed E-state index contributed by atoms with van der Waals surface area (Å²) in [5.74, 6) is 0.210. The number of nitrogens with one attached hydrogen (secondary N) is 1. The van der Waals surface area contributed by atoms with Gasteiger partial charge in [-0.1, -0.05) is 0 Å². The van der Waals surface area contributed by atoms with Gasteiger partial charge in [0, 0.05) is 42.2 Å². The van der Waals surface area contributed by atoms with Crippen LogP contribution in [0.15, 0.2) is 6.07 Å². The van der Waals surface area contributed by atoms with Crippen LogP contribution in [0.5, 0.6) is 0 Å². The van der Waals surface area contributed by atoms with Crippen molar-refractivity contribution in [3.8, 4) is 0 Å². The third-order valence-corrected chi connectivity index (χ3v) is 5.17. The first kappa shape index (κ1) is 17.0. The Bertz CT molecular complexity index is 539. The number of carbonyl (C=O) groups excluding carboxylic acids is 2. The predicted molar refractivity (Wildman–Crippen MR) is 90.1 cm³/mol. The molecule has 1 aliphatic heterocycles. The lowest BCUT2D eigenvalue weighted by molar-refractivity contribution is -0.133. The topological polar surface area (TPSA) is 49.4 Å². The molecule has 5 heteroatoms. The maximum absolute atomic E-state index is 12.3. The maximum Gasteiger partial charge on any atom is 0.222 e. The maximum atomic E-state index is 12.3. The molecular formula is C17H26N2O2S. The van der Waals surface area contributed by atoms with Crippen LogP contribution in [0, 0.1) is 13.8 Å². The Balaban J connectivity index is 1.77. The summed E-state index contributed by atoms with van der Waals surface area (Å²) in [6.07, 6.45) is 4.42. The number of piperidine rings is 1. The van der Waals surface area contributed by atoms with Crippen LogP contribution in [0.3, 0.4) is 0 Å². The second kappa shape index (κ2) is 7.77. The summed E-state index contributed by atoms with van der Waals surface area (Å²) < 4.78 is 0. The Morgan fingerprint density at radius 1 is 1.41 bits per heavy atom. The highest BCUT2D eigenvalue weighted by molar-refractivity contribution is 7.12. The van der Waals surface area contributed by atoms with Crippen molar-refractivity contribution in [1.29, 1.82) is 0 Å². The molecule has 0 saturated carbocycles. The van der Waals surface area contributed by atoms with Gasteiger partial charge in [0.2, 0.25) is 11.8 Å². The Kier molecular flexibility index (Phi) is 6.00. The smallest absolute Gasteiger partial charge is 0.222 e. The minimum absolute atomic E-state index is 0.0115. The second-order valence-electron chi connectivity index (χ2n) is 6.17. The Morgan fingerprint density at radius 3 is 2.82 bits per heavy atom. The fraction of sp³-hybridized carbons (Fsp3) is 0.647. The van der Waals surface area contributed by atoms with Crippen LogP contribution in [0.25, 0.3) is 0 Å². The number of rotatable bonds is 5. The van der Waals surface area contributed by atoms with E-state index in [1.54, 1.807) is 0 Å². The zero-order valence-corrected chi connectivity index (χ0v) is 14.6. The van der Waals surface area contributed by atoms with Gasteiger partial charge in [-0.2, -0.15) is 0 Å². The quantitative estimate of drug-likeness (QED) is 0.906. The van der Waals surface area contributed by atoms with E-state index < -0.39 is 0 Å². The highest BCUT2D eigenvalue weighted by Gasteiger charge is 2.23. The van der Waals surface area contributed by atoms with Crippen molar-refractivity contribution in [2.75, 3.05) is 13.1 Å². The van der Waals surface area contributed by atoms with Crippen LogP contribution in [-0.4, -0.2) is 35.8 Å². The van der Waals surface area contributed by atoms with Crippen LogP contribution in [-0.2, 0) is 16.0 Å². The van der Waals surface area contributed by atoms with Crippen molar-refractivity contribution in [1.82, 2.24) is 10.2 Å². The summed E-state index contributed by atoms with van der Waals surface area (Å²) >= 11 is 1.83. The molecular weight excluding hydrogens is 296 g/mol. The zero-order valence-electron chi connectivity index (χ0n) is 13.8. The van der Waals surface area contributed by atoms with E-state index in [-0.39, 0.29) is 17.9 Å². The highest BCUT2D eigenvalue weighted by atomic mass is 32.1. The largest absolute Gasteiger partial charge is 0.352 e. The normalized spacial score (nSPS) is 18.3. The average Bonchev–Trinajstić information content (AvgIpc) is 2.76. The number of amides is 2. The number of hydrogen-bond donors (Lipinski definition) is 1. The Hall–Kier alpha value is -1.36. The van der Waals surface area contributed by atoms with Crippen LogP contribution in [0.4, 0.5) is 0 Å². The summed E-state index contributed by atoms with van der Waals surface area (Å²) in [6.45, 7) is 7.30. The van der Waals surface area contributed by atoms with Gasteiger partial charge in [0.1, 0.15) is 0 Å². The van der Waals surface area contributed by atoms with Crippen molar-refractivity contribution >= 4 is 23.2 Å². The van der Waals surface area contributed by atoms with Gasteiger partial charge in [0.05, 0.1) is 0 Å². The summed E-state index contributed by atoms with van der Waals surface area (Å²) in [6, 6.07) is 2.36. The fourth-order valence-corrected chi connectivity index (χ4v) is 4.11. The fourth-order valence-electron chi connectivity index (χ4n) is 3.13. The van der Waals surface area contributed by atoms with Gasteiger partial charge in [0.25, 0.3) is 0 Å². The summed E-state index contributed by atoms with van der Waals surface area (Å²) in [5, 5.41) is 2.93. The molecule has 22 heavy (non-hydrogen) atoms. The van der Waals surface area contributed by atoms with Gasteiger partial charge in [-0.3, -0.25) is 9.59 Å². The number of hydrogen-bond acceptors (Lipinski definition) is 3. The number of likely N-dealkylation sites (tertiary alicyclic amines) is 1. The zero-order chi connectivity index (χ0) is 16.1. The van der Waals surface area contributed by atoms with Gasteiger partial charge in [0.15, 0.2) is 0 Å². The van der Waals surface area contributed by atoms with E-state index >= 15 is 0 Å². The monoisotopic (exact) mass is 322 g/mol. The molecule has 2 rings (SSSR count). The molecule has 0 radical (unpaired) electrons. The number of nitrogens with zero attached hydrogens (tertiary/aromatic N) is 1. The number of aryl methyl sites for hydroxylation is 3. The van der Waals surface area contributed by atoms with Crippen molar-refractivity contribution in [2.45, 2.75) is 58.9 Å². The standard InChI is InChI=1S/C17H26N2O2S/c1-12-10-15(13(2)22-12)6-4-8-17(21)19-9-5-7-16(11-19)18-14(3)20/h10,16H,4-9,11H2,1-3H3,(H,18,20). The van der Waals surface area contributed by atoms with Gasteiger partial charge in [-0.25, -0.2) is 0 Å². The van der Waals surface area contributed by atoms with Crippen LogP contribution in [0.2, 0.25) is 0 Å². The molecule has 4 nitrogen and oxygen atoms in total. The van der Waals surface area contributed by atoms with Crippen molar-refractivity contribution in [3.05, 3.63) is 21.4 Å². The van der Waals surface area contributed by atoms with Gasteiger partial charge in [-0.15, -0.1) is 11.3 Å². The van der Waals surface area contributed by atoms with E-state index in [2.05, 4.69) is 25.2 Å². The highest BCUT2D eigenvalue weighted by Crippen LogP contribution is 2.22. The predicted octanol–water partition coefficient (Wildman–Crippen LogP) is 2.81. The minimum Gasteiger partial charge on any atom is -0.352 e. The van der Waals surface area contributed by atoms with Gasteiger partial charge < -0.3 is 10.2 Å². The van der Waals surface area contributed by atoms with Crippen molar-refractivity contribution in [2.24, 2.45) is 0 Å². The third kappa shape index (κ3) is 4.83. The van der Waals surface area contributed by atoms with Crippen molar-refractivity contribution in [3.63, 3.8) is 0 Å². The number of thiophene rings is 1. The lowest BCUT2D eigenvalue weighted by Crippen LogP contribution is -2.49. The van der Waals surface area contributed by atoms with E-state index in [0.717, 1.165) is 32.2 Å². The molecule has 1 aromatic rings. The lowest BCUT2D eigenvalue weighted by atomic mass is 10.0. The molecule has 0 spiro atoms. The second-order valence-corrected chi connectivity index (χ2v) is 7.63. The van der Waals surface area contributed by atoms with Crippen LogP contribution >= 0.6 is 11.3 Å². The molecule has 1 N–H and O–H groups in total. The van der Waals surface area contributed by atoms with E-state index in [4.69, 9.17) is 0 Å². The first-order valence-electron chi connectivity index (χ1n) is 8.06. The Labute approximate surface area is 136 Å². The molecule has 122 valence electrons. The summed E-state index contributed by atoms with van der Waals surface area (Å²) in [7, 11) is 0. The van der Waals surface area contributed by atoms with Crippen molar-refractivity contribution < 1.29 is 9.59 Å². The Morgan fingerprint density at radius 2 is 2.18 bits per heavy atom. The molecule has 0 aromatic carbocycles. The molecule has 1 aromatic heterocycles. The molecule has 1 fully saturated rings. The molecule has 2 amide bonds.